The molecule has 0 amide bonds. The standard InChI is InChI=1S/C12H15FN2O3/c1-18-9-6-5-8(7-9)14-11-4-2-3-10(13)12(11)15(16)17/h2-4,8-9,14H,5-7H2,1H3. The van der Waals surface area contributed by atoms with Crippen LogP contribution in [0.5, 0.6) is 0 Å². The van der Waals surface area contributed by atoms with E-state index in [-0.39, 0.29) is 17.8 Å². The molecule has 1 fully saturated rings. The van der Waals surface area contributed by atoms with E-state index in [9.17, 15) is 14.5 Å². The van der Waals surface area contributed by atoms with Gasteiger partial charge in [0.15, 0.2) is 0 Å². The van der Waals surface area contributed by atoms with Crippen LogP contribution in [0.2, 0.25) is 0 Å². The van der Waals surface area contributed by atoms with Crippen molar-refractivity contribution in [2.75, 3.05) is 12.4 Å². The number of ether oxygens (including phenoxy) is 1. The van der Waals surface area contributed by atoms with E-state index < -0.39 is 16.4 Å². The molecule has 2 atom stereocenters. The maximum absolute atomic E-state index is 13.4. The number of nitrogens with zero attached hydrogens (tertiary/aromatic N) is 1. The summed E-state index contributed by atoms with van der Waals surface area (Å²) in [5, 5.41) is 13.9. The molecule has 1 aliphatic rings. The summed E-state index contributed by atoms with van der Waals surface area (Å²) in [4.78, 5) is 10.1. The van der Waals surface area contributed by atoms with Gasteiger partial charge in [-0.05, 0) is 31.4 Å². The third kappa shape index (κ3) is 2.59. The van der Waals surface area contributed by atoms with Gasteiger partial charge in [-0.2, -0.15) is 4.39 Å². The van der Waals surface area contributed by atoms with Gasteiger partial charge < -0.3 is 10.1 Å². The van der Waals surface area contributed by atoms with Crippen molar-refractivity contribution in [2.24, 2.45) is 0 Å². The molecule has 2 rings (SSSR count). The quantitative estimate of drug-likeness (QED) is 0.662. The highest BCUT2D eigenvalue weighted by atomic mass is 19.1. The van der Waals surface area contributed by atoms with Crippen LogP contribution in [0.4, 0.5) is 15.8 Å². The predicted molar refractivity (Wildman–Crippen MR) is 65.1 cm³/mol. The van der Waals surface area contributed by atoms with E-state index in [2.05, 4.69) is 5.32 Å². The normalized spacial score (nSPS) is 23.0. The number of benzene rings is 1. The molecule has 0 aromatic heterocycles. The first-order valence-corrected chi connectivity index (χ1v) is 5.84. The van der Waals surface area contributed by atoms with Gasteiger partial charge in [0.05, 0.1) is 11.0 Å². The first-order valence-electron chi connectivity index (χ1n) is 5.84. The smallest absolute Gasteiger partial charge is 0.327 e. The van der Waals surface area contributed by atoms with Gasteiger partial charge in [0.2, 0.25) is 5.82 Å². The number of nitro benzene ring substituents is 1. The third-order valence-electron chi connectivity index (χ3n) is 3.25. The van der Waals surface area contributed by atoms with E-state index in [1.807, 2.05) is 0 Å². The van der Waals surface area contributed by atoms with E-state index in [4.69, 9.17) is 4.74 Å². The minimum absolute atomic E-state index is 0.0930. The number of hydrogen-bond donors (Lipinski definition) is 1. The second-order valence-corrected chi connectivity index (χ2v) is 4.41. The predicted octanol–water partition coefficient (Wildman–Crippen LogP) is 2.71. The zero-order valence-electron chi connectivity index (χ0n) is 10.1. The van der Waals surface area contributed by atoms with Crippen molar-refractivity contribution in [1.82, 2.24) is 0 Å². The van der Waals surface area contributed by atoms with Crippen molar-refractivity contribution in [3.8, 4) is 0 Å². The van der Waals surface area contributed by atoms with Crippen LogP contribution < -0.4 is 5.32 Å². The summed E-state index contributed by atoms with van der Waals surface area (Å²) in [5.74, 6) is -0.814. The molecule has 1 N–H and O–H groups in total. The fraction of sp³-hybridized carbons (Fsp3) is 0.500. The lowest BCUT2D eigenvalue weighted by Gasteiger charge is -2.14. The zero-order chi connectivity index (χ0) is 13.1. The largest absolute Gasteiger partial charge is 0.381 e. The van der Waals surface area contributed by atoms with Crippen molar-refractivity contribution in [3.05, 3.63) is 34.1 Å². The van der Waals surface area contributed by atoms with Gasteiger partial charge in [0.25, 0.3) is 0 Å². The zero-order valence-corrected chi connectivity index (χ0v) is 10.1. The van der Waals surface area contributed by atoms with Crippen LogP contribution in [0.15, 0.2) is 18.2 Å². The number of nitro groups is 1. The van der Waals surface area contributed by atoms with Crippen LogP contribution in [-0.2, 0) is 4.74 Å². The molecule has 6 heteroatoms. The second kappa shape index (κ2) is 5.30. The highest BCUT2D eigenvalue weighted by molar-refractivity contribution is 5.62. The van der Waals surface area contributed by atoms with E-state index >= 15 is 0 Å². The number of hydrogen-bond acceptors (Lipinski definition) is 4. The van der Waals surface area contributed by atoms with Gasteiger partial charge in [0, 0.05) is 13.2 Å². The van der Waals surface area contributed by atoms with Gasteiger partial charge in [-0.1, -0.05) is 6.07 Å². The first-order chi connectivity index (χ1) is 8.61. The summed E-state index contributed by atoms with van der Waals surface area (Å²) in [6.07, 6.45) is 2.74. The molecule has 1 saturated carbocycles. The van der Waals surface area contributed by atoms with Gasteiger partial charge in [0.1, 0.15) is 5.69 Å². The van der Waals surface area contributed by atoms with E-state index in [1.54, 1.807) is 7.11 Å². The van der Waals surface area contributed by atoms with E-state index in [0.29, 0.717) is 0 Å². The van der Waals surface area contributed by atoms with E-state index in [1.165, 1.54) is 12.1 Å². The summed E-state index contributed by atoms with van der Waals surface area (Å²) in [7, 11) is 1.65. The van der Waals surface area contributed by atoms with Gasteiger partial charge in [-0.25, -0.2) is 0 Å². The number of methoxy groups -OCH3 is 1. The Morgan fingerprint density at radius 2 is 2.28 bits per heavy atom. The number of nitrogens with one attached hydrogen (secondary N) is 1. The van der Waals surface area contributed by atoms with Crippen molar-refractivity contribution in [2.45, 2.75) is 31.4 Å². The molecule has 1 aromatic rings. The summed E-state index contributed by atoms with van der Waals surface area (Å²) in [6.45, 7) is 0. The molecule has 0 saturated heterocycles. The molecule has 18 heavy (non-hydrogen) atoms. The minimum Gasteiger partial charge on any atom is -0.381 e. The Morgan fingerprint density at radius 3 is 2.89 bits per heavy atom. The Bertz CT molecular complexity index is 453. The molecule has 0 spiro atoms. The topological polar surface area (TPSA) is 64.4 Å². The highest BCUT2D eigenvalue weighted by Gasteiger charge is 2.27. The summed E-state index contributed by atoms with van der Waals surface area (Å²) in [6, 6.07) is 4.18. The maximum Gasteiger partial charge on any atom is 0.327 e. The molecule has 98 valence electrons. The average Bonchev–Trinajstić information content (AvgIpc) is 2.76. The molecular weight excluding hydrogens is 239 g/mol. The van der Waals surface area contributed by atoms with Crippen LogP contribution in [0.25, 0.3) is 0 Å². The Hall–Kier alpha value is -1.69. The van der Waals surface area contributed by atoms with Crippen LogP contribution in [0.3, 0.4) is 0 Å². The molecule has 0 heterocycles. The number of para-hydroxylation sites is 1. The number of rotatable bonds is 4. The molecule has 5 nitrogen and oxygen atoms in total. The van der Waals surface area contributed by atoms with Gasteiger partial charge in [-0.15, -0.1) is 0 Å². The molecule has 1 aliphatic carbocycles. The van der Waals surface area contributed by atoms with Crippen molar-refractivity contribution >= 4 is 11.4 Å². The average molecular weight is 254 g/mol. The highest BCUT2D eigenvalue weighted by Crippen LogP contribution is 2.31. The Labute approximate surface area is 104 Å². The Kier molecular flexibility index (Phi) is 3.76. The lowest BCUT2D eigenvalue weighted by molar-refractivity contribution is -0.386. The number of anilines is 1. The number of halogens is 1. The Morgan fingerprint density at radius 1 is 1.50 bits per heavy atom. The molecular formula is C12H15FN2O3. The maximum atomic E-state index is 13.4. The van der Waals surface area contributed by atoms with Gasteiger partial charge in [-0.3, -0.25) is 10.1 Å². The summed E-state index contributed by atoms with van der Waals surface area (Å²) in [5.41, 5.74) is -0.250. The molecule has 0 aliphatic heterocycles. The fourth-order valence-electron chi connectivity index (χ4n) is 2.32. The van der Waals surface area contributed by atoms with Crippen LogP contribution in [0, 0.1) is 15.9 Å². The Balaban J connectivity index is 2.15. The van der Waals surface area contributed by atoms with Crippen LogP contribution in [0.1, 0.15) is 19.3 Å². The minimum atomic E-state index is -0.814. The summed E-state index contributed by atoms with van der Waals surface area (Å²) < 4.78 is 18.6. The SMILES string of the molecule is COC1CCC(Nc2cccc(F)c2[N+](=O)[O-])C1. The lowest BCUT2D eigenvalue weighted by Crippen LogP contribution is -2.18. The fourth-order valence-corrected chi connectivity index (χ4v) is 2.32. The molecule has 2 unspecified atom stereocenters. The first kappa shape index (κ1) is 12.8. The molecule has 0 bridgehead atoms. The summed E-state index contributed by atoms with van der Waals surface area (Å²) >= 11 is 0. The molecule has 1 aromatic carbocycles. The van der Waals surface area contributed by atoms with Gasteiger partial charge >= 0.3 is 5.69 Å². The second-order valence-electron chi connectivity index (χ2n) is 4.41. The monoisotopic (exact) mass is 254 g/mol. The van der Waals surface area contributed by atoms with Crippen molar-refractivity contribution in [3.63, 3.8) is 0 Å². The van der Waals surface area contributed by atoms with Crippen LogP contribution in [-0.4, -0.2) is 24.2 Å². The van der Waals surface area contributed by atoms with E-state index in [0.717, 1.165) is 25.3 Å². The third-order valence-corrected chi connectivity index (χ3v) is 3.25. The van der Waals surface area contributed by atoms with Crippen LogP contribution >= 0.6 is 0 Å². The van der Waals surface area contributed by atoms with Crippen molar-refractivity contribution in [1.29, 1.82) is 0 Å². The van der Waals surface area contributed by atoms with Crippen molar-refractivity contribution < 1.29 is 14.1 Å². The lowest BCUT2D eigenvalue weighted by atomic mass is 10.2. The molecule has 0 radical (unpaired) electrons.